The Morgan fingerprint density at radius 2 is 1.78 bits per heavy atom. The number of para-hydroxylation sites is 1. The molecule has 0 saturated carbocycles. The van der Waals surface area contributed by atoms with Crippen molar-refractivity contribution in [3.8, 4) is 11.5 Å². The van der Waals surface area contributed by atoms with E-state index in [0.29, 0.717) is 5.75 Å². The van der Waals surface area contributed by atoms with Crippen LogP contribution in [-0.4, -0.2) is 23.8 Å². The molecule has 144 valence electrons. The van der Waals surface area contributed by atoms with E-state index in [0.717, 1.165) is 6.07 Å². The van der Waals surface area contributed by atoms with E-state index in [1.54, 1.807) is 0 Å². The molecule has 0 aliphatic rings. The van der Waals surface area contributed by atoms with Gasteiger partial charge in [0.2, 0.25) is 5.91 Å². The molecule has 0 heterocycles. The van der Waals surface area contributed by atoms with Gasteiger partial charge in [-0.05, 0) is 18.2 Å². The molecule has 0 fully saturated rings. The molecule has 7 nitrogen and oxygen atoms in total. The number of hydrogen-bond acceptors (Lipinski definition) is 5. The van der Waals surface area contributed by atoms with Gasteiger partial charge < -0.3 is 14.8 Å². The Morgan fingerprint density at radius 1 is 1.11 bits per heavy atom. The highest BCUT2D eigenvalue weighted by Gasteiger charge is 2.31. The largest absolute Gasteiger partial charge is 0.573 e. The Hall–Kier alpha value is -3.30. The summed E-state index contributed by atoms with van der Waals surface area (Å²) < 4.78 is 46.3. The fourth-order valence-electron chi connectivity index (χ4n) is 2.08. The first-order valence-electron chi connectivity index (χ1n) is 7.72. The molecule has 2 aromatic rings. The molecule has 1 N–H and O–H groups in total. The summed E-state index contributed by atoms with van der Waals surface area (Å²) in [6.45, 7) is -0.132. The van der Waals surface area contributed by atoms with E-state index >= 15 is 0 Å². The number of benzene rings is 2. The molecule has 1 amide bonds. The average molecular weight is 384 g/mol. The minimum Gasteiger partial charge on any atom is -0.493 e. The smallest absolute Gasteiger partial charge is 0.493 e. The number of halogens is 3. The number of ether oxygens (including phenoxy) is 2. The Labute approximate surface area is 151 Å². The molecule has 0 unspecified atom stereocenters. The van der Waals surface area contributed by atoms with Crippen LogP contribution in [0.1, 0.15) is 12.0 Å². The predicted octanol–water partition coefficient (Wildman–Crippen LogP) is 3.58. The van der Waals surface area contributed by atoms with Crippen LogP contribution in [0, 0.1) is 10.1 Å². The van der Waals surface area contributed by atoms with Gasteiger partial charge in [0.25, 0.3) is 5.69 Å². The number of carbonyl (C=O) groups excluding carboxylic acids is 1. The van der Waals surface area contributed by atoms with E-state index in [1.807, 2.05) is 0 Å². The predicted molar refractivity (Wildman–Crippen MR) is 88.2 cm³/mol. The van der Waals surface area contributed by atoms with Crippen LogP contribution in [0.2, 0.25) is 0 Å². The number of rotatable bonds is 8. The number of nitro groups is 1. The third-order valence-corrected chi connectivity index (χ3v) is 3.32. The summed E-state index contributed by atoms with van der Waals surface area (Å²) in [7, 11) is 0. The molecule has 0 aromatic heterocycles. The fraction of sp³-hybridized carbons (Fsp3) is 0.235. The summed E-state index contributed by atoms with van der Waals surface area (Å²) in [6.07, 6.45) is -4.86. The number of non-ortho nitro benzene ring substituents is 1. The lowest BCUT2D eigenvalue weighted by atomic mass is 10.2. The Morgan fingerprint density at radius 3 is 2.41 bits per heavy atom. The zero-order valence-electron chi connectivity index (χ0n) is 13.9. The topological polar surface area (TPSA) is 90.7 Å². The molecule has 2 aromatic carbocycles. The van der Waals surface area contributed by atoms with Gasteiger partial charge in [-0.25, -0.2) is 0 Å². The average Bonchev–Trinajstić information content (AvgIpc) is 2.60. The Bertz CT molecular complexity index is 794. The van der Waals surface area contributed by atoms with Crippen molar-refractivity contribution >= 4 is 11.6 Å². The van der Waals surface area contributed by atoms with Gasteiger partial charge in [-0.3, -0.25) is 14.9 Å². The van der Waals surface area contributed by atoms with Gasteiger partial charge in [0, 0.05) is 24.2 Å². The van der Waals surface area contributed by atoms with E-state index in [9.17, 15) is 28.1 Å². The standard InChI is InChI=1S/C17H15F3N2O5/c18-17(19,20)27-15-4-2-1-3-12(15)11-21-16(23)9-10-26-14-7-5-13(6-8-14)22(24)25/h1-8H,9-11H2,(H,21,23). The van der Waals surface area contributed by atoms with E-state index in [2.05, 4.69) is 10.1 Å². The molecule has 0 spiro atoms. The van der Waals surface area contributed by atoms with Crippen LogP contribution in [0.25, 0.3) is 0 Å². The molecule has 0 bridgehead atoms. The minimum atomic E-state index is -4.82. The van der Waals surface area contributed by atoms with Crippen molar-refractivity contribution in [3.63, 3.8) is 0 Å². The molecular weight excluding hydrogens is 369 g/mol. The highest BCUT2D eigenvalue weighted by molar-refractivity contribution is 5.76. The maximum absolute atomic E-state index is 12.4. The third-order valence-electron chi connectivity index (χ3n) is 3.32. The maximum Gasteiger partial charge on any atom is 0.573 e. The lowest BCUT2D eigenvalue weighted by molar-refractivity contribution is -0.384. The second-order valence-electron chi connectivity index (χ2n) is 5.28. The second kappa shape index (κ2) is 8.88. The fourth-order valence-corrected chi connectivity index (χ4v) is 2.08. The van der Waals surface area contributed by atoms with Crippen molar-refractivity contribution < 1.29 is 32.4 Å². The number of nitrogens with one attached hydrogen (secondary N) is 1. The van der Waals surface area contributed by atoms with E-state index in [4.69, 9.17) is 4.74 Å². The van der Waals surface area contributed by atoms with Crippen LogP contribution in [0.4, 0.5) is 18.9 Å². The van der Waals surface area contributed by atoms with Gasteiger partial charge in [-0.1, -0.05) is 18.2 Å². The van der Waals surface area contributed by atoms with E-state index in [1.165, 1.54) is 42.5 Å². The van der Waals surface area contributed by atoms with Crippen LogP contribution >= 0.6 is 0 Å². The summed E-state index contributed by atoms with van der Waals surface area (Å²) in [5.41, 5.74) is 0.0966. The van der Waals surface area contributed by atoms with Crippen LogP contribution in [0.15, 0.2) is 48.5 Å². The van der Waals surface area contributed by atoms with Crippen LogP contribution in [0.3, 0.4) is 0 Å². The van der Waals surface area contributed by atoms with Gasteiger partial charge in [-0.15, -0.1) is 13.2 Å². The number of alkyl halides is 3. The molecule has 10 heteroatoms. The van der Waals surface area contributed by atoms with Gasteiger partial charge in [0.1, 0.15) is 11.5 Å². The van der Waals surface area contributed by atoms with Gasteiger partial charge in [0.15, 0.2) is 0 Å². The lowest BCUT2D eigenvalue weighted by Crippen LogP contribution is -2.25. The number of nitro benzene ring substituents is 1. The van der Waals surface area contributed by atoms with Crippen LogP contribution in [-0.2, 0) is 11.3 Å². The molecule has 0 saturated heterocycles. The summed E-state index contributed by atoms with van der Waals surface area (Å²) in [5.74, 6) is -0.455. The van der Waals surface area contributed by atoms with Crippen molar-refractivity contribution in [1.82, 2.24) is 5.32 Å². The van der Waals surface area contributed by atoms with Gasteiger partial charge >= 0.3 is 6.36 Å². The molecule has 0 aliphatic carbocycles. The molecule has 27 heavy (non-hydrogen) atoms. The Balaban J connectivity index is 1.79. The van der Waals surface area contributed by atoms with Crippen molar-refractivity contribution in [2.45, 2.75) is 19.3 Å². The number of nitrogens with zero attached hydrogens (tertiary/aromatic N) is 1. The molecule has 0 aliphatic heterocycles. The van der Waals surface area contributed by atoms with Crippen molar-refractivity contribution in [3.05, 3.63) is 64.2 Å². The molecule has 0 radical (unpaired) electrons. The normalized spacial score (nSPS) is 10.9. The SMILES string of the molecule is O=C(CCOc1ccc([N+](=O)[O-])cc1)NCc1ccccc1OC(F)(F)F. The molecule has 0 atom stereocenters. The molecule has 2 rings (SSSR count). The minimum absolute atomic E-state index is 0.00431. The highest BCUT2D eigenvalue weighted by Crippen LogP contribution is 2.26. The number of amides is 1. The van der Waals surface area contributed by atoms with Crippen LogP contribution < -0.4 is 14.8 Å². The highest BCUT2D eigenvalue weighted by atomic mass is 19.4. The quantitative estimate of drug-likeness (QED) is 0.555. The van der Waals surface area contributed by atoms with Gasteiger partial charge in [0.05, 0.1) is 18.0 Å². The zero-order chi connectivity index (χ0) is 19.9. The van der Waals surface area contributed by atoms with E-state index < -0.39 is 17.2 Å². The second-order valence-corrected chi connectivity index (χ2v) is 5.28. The lowest BCUT2D eigenvalue weighted by Gasteiger charge is -2.13. The van der Waals surface area contributed by atoms with Crippen molar-refractivity contribution in [2.24, 2.45) is 0 Å². The Kier molecular flexibility index (Phi) is 6.58. The first-order valence-corrected chi connectivity index (χ1v) is 7.72. The molecular formula is C17H15F3N2O5. The maximum atomic E-state index is 12.4. The first-order chi connectivity index (χ1) is 12.7. The zero-order valence-corrected chi connectivity index (χ0v) is 13.9. The number of carbonyl (C=O) groups is 1. The van der Waals surface area contributed by atoms with Crippen molar-refractivity contribution in [2.75, 3.05) is 6.61 Å². The number of hydrogen-bond donors (Lipinski definition) is 1. The summed E-state index contributed by atoms with van der Waals surface area (Å²) in [6, 6.07) is 10.8. The summed E-state index contributed by atoms with van der Waals surface area (Å²) in [5, 5.41) is 13.0. The van der Waals surface area contributed by atoms with Gasteiger partial charge in [-0.2, -0.15) is 0 Å². The van der Waals surface area contributed by atoms with E-state index in [-0.39, 0.29) is 36.6 Å². The third kappa shape index (κ3) is 6.84. The summed E-state index contributed by atoms with van der Waals surface area (Å²) >= 11 is 0. The van der Waals surface area contributed by atoms with Crippen molar-refractivity contribution in [1.29, 1.82) is 0 Å². The first kappa shape index (κ1) is 20.0. The monoisotopic (exact) mass is 384 g/mol. The summed E-state index contributed by atoms with van der Waals surface area (Å²) in [4.78, 5) is 21.8. The van der Waals surface area contributed by atoms with Crippen LogP contribution in [0.5, 0.6) is 11.5 Å².